The second kappa shape index (κ2) is 7.49. The summed E-state index contributed by atoms with van der Waals surface area (Å²) >= 11 is 0. The minimum Gasteiger partial charge on any atom is -0.311 e. The topological polar surface area (TPSA) is 15.3 Å². The van der Waals surface area contributed by atoms with E-state index in [9.17, 15) is 0 Å². The van der Waals surface area contributed by atoms with Crippen molar-refractivity contribution in [1.29, 1.82) is 0 Å². The standard InChI is InChI=1S/C16H34N2/c1-7-13(4)9-14(5)18-11-16(8-12(2)3)17-10-15(18)6/h12-17H,7-11H2,1-6H3. The SMILES string of the molecule is CCC(C)CC(C)N1CC(CC(C)C)NCC1C. The summed E-state index contributed by atoms with van der Waals surface area (Å²) in [6.07, 6.45) is 3.95. The fourth-order valence-electron chi connectivity index (χ4n) is 3.18. The van der Waals surface area contributed by atoms with Crippen LogP contribution in [0, 0.1) is 11.8 Å². The first-order chi connectivity index (χ1) is 8.43. The highest BCUT2D eigenvalue weighted by atomic mass is 15.2. The van der Waals surface area contributed by atoms with Crippen molar-refractivity contribution < 1.29 is 0 Å². The Kier molecular flexibility index (Phi) is 6.65. The number of hydrogen-bond donors (Lipinski definition) is 1. The molecule has 1 N–H and O–H groups in total. The van der Waals surface area contributed by atoms with Crippen molar-refractivity contribution >= 4 is 0 Å². The van der Waals surface area contributed by atoms with Gasteiger partial charge in [-0.05, 0) is 38.5 Å². The van der Waals surface area contributed by atoms with E-state index in [0.717, 1.165) is 24.4 Å². The van der Waals surface area contributed by atoms with Crippen molar-refractivity contribution in [2.75, 3.05) is 13.1 Å². The molecule has 1 rings (SSSR count). The summed E-state index contributed by atoms with van der Waals surface area (Å²) in [4.78, 5) is 2.73. The maximum absolute atomic E-state index is 3.71. The van der Waals surface area contributed by atoms with E-state index in [1.807, 2.05) is 0 Å². The Morgan fingerprint density at radius 2 is 1.89 bits per heavy atom. The largest absolute Gasteiger partial charge is 0.311 e. The van der Waals surface area contributed by atoms with Crippen LogP contribution in [-0.2, 0) is 0 Å². The third-order valence-corrected chi connectivity index (χ3v) is 4.46. The van der Waals surface area contributed by atoms with Crippen LogP contribution in [0.15, 0.2) is 0 Å². The molecule has 0 aromatic heterocycles. The van der Waals surface area contributed by atoms with E-state index in [2.05, 4.69) is 51.8 Å². The van der Waals surface area contributed by atoms with Crippen LogP contribution in [0.5, 0.6) is 0 Å². The molecule has 2 heteroatoms. The quantitative estimate of drug-likeness (QED) is 0.780. The summed E-state index contributed by atoms with van der Waals surface area (Å²) < 4.78 is 0. The van der Waals surface area contributed by atoms with Gasteiger partial charge in [-0.2, -0.15) is 0 Å². The molecule has 4 unspecified atom stereocenters. The zero-order valence-electron chi connectivity index (χ0n) is 13.4. The number of rotatable bonds is 6. The molecule has 4 atom stereocenters. The van der Waals surface area contributed by atoms with Gasteiger partial charge in [0.15, 0.2) is 0 Å². The van der Waals surface area contributed by atoms with Crippen LogP contribution in [0.1, 0.15) is 60.8 Å². The van der Waals surface area contributed by atoms with E-state index in [-0.39, 0.29) is 0 Å². The van der Waals surface area contributed by atoms with E-state index in [4.69, 9.17) is 0 Å². The van der Waals surface area contributed by atoms with Crippen LogP contribution in [0.2, 0.25) is 0 Å². The van der Waals surface area contributed by atoms with Crippen LogP contribution in [0.4, 0.5) is 0 Å². The molecule has 108 valence electrons. The Morgan fingerprint density at radius 3 is 2.44 bits per heavy atom. The van der Waals surface area contributed by atoms with Crippen LogP contribution in [0.25, 0.3) is 0 Å². The van der Waals surface area contributed by atoms with Crippen LogP contribution in [0.3, 0.4) is 0 Å². The fraction of sp³-hybridized carbons (Fsp3) is 1.00. The third kappa shape index (κ3) is 4.89. The normalized spacial score (nSPS) is 29.5. The zero-order chi connectivity index (χ0) is 13.7. The van der Waals surface area contributed by atoms with Gasteiger partial charge in [-0.1, -0.05) is 34.1 Å². The molecular formula is C16H34N2. The van der Waals surface area contributed by atoms with Gasteiger partial charge in [-0.3, -0.25) is 4.90 Å². The van der Waals surface area contributed by atoms with Gasteiger partial charge in [-0.25, -0.2) is 0 Å². The first-order valence-electron chi connectivity index (χ1n) is 7.93. The van der Waals surface area contributed by atoms with Gasteiger partial charge in [0, 0.05) is 31.2 Å². The van der Waals surface area contributed by atoms with E-state index >= 15 is 0 Å². The molecule has 0 radical (unpaired) electrons. The lowest BCUT2D eigenvalue weighted by atomic mass is 9.95. The highest BCUT2D eigenvalue weighted by Crippen LogP contribution is 2.20. The molecule has 1 heterocycles. The van der Waals surface area contributed by atoms with Crippen molar-refractivity contribution in [3.63, 3.8) is 0 Å². The third-order valence-electron chi connectivity index (χ3n) is 4.46. The van der Waals surface area contributed by atoms with Crippen molar-refractivity contribution in [3.05, 3.63) is 0 Å². The van der Waals surface area contributed by atoms with E-state index in [1.165, 1.54) is 25.8 Å². The molecule has 0 amide bonds. The summed E-state index contributed by atoms with van der Waals surface area (Å²) in [6, 6.07) is 2.11. The maximum atomic E-state index is 3.71. The predicted octanol–water partition coefficient (Wildman–Crippen LogP) is 3.52. The highest BCUT2D eigenvalue weighted by molar-refractivity contribution is 4.87. The molecule has 18 heavy (non-hydrogen) atoms. The minimum atomic E-state index is 0.687. The number of hydrogen-bond acceptors (Lipinski definition) is 2. The van der Waals surface area contributed by atoms with Crippen molar-refractivity contribution in [3.8, 4) is 0 Å². The van der Waals surface area contributed by atoms with Crippen LogP contribution < -0.4 is 5.32 Å². The Hall–Kier alpha value is -0.0800. The lowest BCUT2D eigenvalue weighted by Gasteiger charge is -2.43. The summed E-state index contributed by atoms with van der Waals surface area (Å²) in [6.45, 7) is 16.5. The molecule has 0 saturated carbocycles. The van der Waals surface area contributed by atoms with E-state index < -0.39 is 0 Å². The molecule has 1 aliphatic heterocycles. The van der Waals surface area contributed by atoms with Gasteiger partial charge in [-0.15, -0.1) is 0 Å². The molecule has 1 fully saturated rings. The van der Waals surface area contributed by atoms with Gasteiger partial charge < -0.3 is 5.32 Å². The molecule has 1 saturated heterocycles. The molecular weight excluding hydrogens is 220 g/mol. The monoisotopic (exact) mass is 254 g/mol. The van der Waals surface area contributed by atoms with E-state index in [0.29, 0.717) is 12.1 Å². The molecule has 0 aromatic rings. The zero-order valence-corrected chi connectivity index (χ0v) is 13.4. The molecule has 0 aromatic carbocycles. The summed E-state index contributed by atoms with van der Waals surface area (Å²) in [5, 5.41) is 3.71. The second-order valence-electron chi connectivity index (χ2n) is 6.88. The predicted molar refractivity (Wildman–Crippen MR) is 80.9 cm³/mol. The fourth-order valence-corrected chi connectivity index (χ4v) is 3.18. The van der Waals surface area contributed by atoms with Crippen LogP contribution >= 0.6 is 0 Å². The average molecular weight is 254 g/mol. The van der Waals surface area contributed by atoms with Gasteiger partial charge in [0.2, 0.25) is 0 Å². The van der Waals surface area contributed by atoms with Crippen LogP contribution in [-0.4, -0.2) is 36.1 Å². The first-order valence-corrected chi connectivity index (χ1v) is 7.93. The van der Waals surface area contributed by atoms with Gasteiger partial charge in [0.1, 0.15) is 0 Å². The average Bonchev–Trinajstić information content (AvgIpc) is 2.30. The lowest BCUT2D eigenvalue weighted by molar-refractivity contribution is 0.0808. The lowest BCUT2D eigenvalue weighted by Crippen LogP contribution is -2.58. The van der Waals surface area contributed by atoms with Crippen molar-refractivity contribution in [2.24, 2.45) is 11.8 Å². The molecule has 0 spiro atoms. The molecule has 2 nitrogen and oxygen atoms in total. The molecule has 1 aliphatic rings. The molecule has 0 bridgehead atoms. The van der Waals surface area contributed by atoms with Crippen molar-refractivity contribution in [2.45, 2.75) is 78.9 Å². The number of nitrogens with one attached hydrogen (secondary N) is 1. The minimum absolute atomic E-state index is 0.687. The number of nitrogens with zero attached hydrogens (tertiary/aromatic N) is 1. The Bertz CT molecular complexity index is 227. The second-order valence-corrected chi connectivity index (χ2v) is 6.88. The van der Waals surface area contributed by atoms with Gasteiger partial charge in [0.05, 0.1) is 0 Å². The Balaban J connectivity index is 2.50. The Labute approximate surface area is 115 Å². The summed E-state index contributed by atoms with van der Waals surface area (Å²) in [5.74, 6) is 1.65. The summed E-state index contributed by atoms with van der Waals surface area (Å²) in [5.41, 5.74) is 0. The van der Waals surface area contributed by atoms with Crippen molar-refractivity contribution in [1.82, 2.24) is 10.2 Å². The highest BCUT2D eigenvalue weighted by Gasteiger charge is 2.28. The molecule has 0 aliphatic carbocycles. The maximum Gasteiger partial charge on any atom is 0.0198 e. The first kappa shape index (κ1) is 16.0. The van der Waals surface area contributed by atoms with E-state index in [1.54, 1.807) is 0 Å². The number of piperazine rings is 1. The smallest absolute Gasteiger partial charge is 0.0198 e. The Morgan fingerprint density at radius 1 is 1.22 bits per heavy atom. The van der Waals surface area contributed by atoms with Gasteiger partial charge >= 0.3 is 0 Å². The van der Waals surface area contributed by atoms with Gasteiger partial charge in [0.25, 0.3) is 0 Å². The summed E-state index contributed by atoms with van der Waals surface area (Å²) in [7, 11) is 0.